The highest BCUT2D eigenvalue weighted by Crippen LogP contribution is 2.31. The van der Waals surface area contributed by atoms with E-state index < -0.39 is 30.4 Å². The number of benzene rings is 1. The van der Waals surface area contributed by atoms with Gasteiger partial charge in [-0.25, -0.2) is 4.79 Å². The van der Waals surface area contributed by atoms with Crippen molar-refractivity contribution < 1.29 is 38.7 Å². The van der Waals surface area contributed by atoms with Gasteiger partial charge < -0.3 is 29.2 Å². The summed E-state index contributed by atoms with van der Waals surface area (Å²) >= 11 is 0. The zero-order chi connectivity index (χ0) is 17.7. The molecule has 2 N–H and O–H groups in total. The molecule has 3 atom stereocenters. The maximum atomic E-state index is 11.0. The molecule has 1 heterocycles. The first-order valence-corrected chi connectivity index (χ1v) is 7.42. The molecule has 0 aromatic heterocycles. The highest BCUT2D eigenvalue weighted by atomic mass is 16.7. The SMILES string of the molecule is COc1cc(COC(C)=O)ccc1OC1CC(O)CC(C(=O)O)O1. The second-order valence-electron chi connectivity index (χ2n) is 5.40. The molecule has 132 valence electrons. The monoisotopic (exact) mass is 340 g/mol. The summed E-state index contributed by atoms with van der Waals surface area (Å²) in [7, 11) is 1.45. The molecular weight excluding hydrogens is 320 g/mol. The Morgan fingerprint density at radius 2 is 2.04 bits per heavy atom. The Hall–Kier alpha value is -2.32. The molecule has 1 aliphatic heterocycles. The Labute approximate surface area is 138 Å². The van der Waals surface area contributed by atoms with Crippen molar-refractivity contribution in [3.05, 3.63) is 23.8 Å². The molecule has 8 nitrogen and oxygen atoms in total. The molecule has 0 amide bonds. The van der Waals surface area contributed by atoms with E-state index in [-0.39, 0.29) is 19.4 Å². The summed E-state index contributed by atoms with van der Waals surface area (Å²) in [5, 5.41) is 18.8. The number of hydrogen-bond donors (Lipinski definition) is 2. The lowest BCUT2D eigenvalue weighted by molar-refractivity contribution is -0.195. The molecule has 0 bridgehead atoms. The van der Waals surface area contributed by atoms with E-state index in [2.05, 4.69) is 0 Å². The van der Waals surface area contributed by atoms with Gasteiger partial charge in [0.25, 0.3) is 0 Å². The number of carbonyl (C=O) groups excluding carboxylic acids is 1. The molecule has 1 aromatic rings. The highest BCUT2D eigenvalue weighted by molar-refractivity contribution is 5.72. The number of aliphatic hydroxyl groups is 1. The quantitative estimate of drug-likeness (QED) is 0.740. The molecule has 1 aliphatic rings. The zero-order valence-electron chi connectivity index (χ0n) is 13.4. The van der Waals surface area contributed by atoms with Crippen molar-refractivity contribution in [1.82, 2.24) is 0 Å². The lowest BCUT2D eigenvalue weighted by Gasteiger charge is -2.31. The van der Waals surface area contributed by atoms with Crippen molar-refractivity contribution in [2.24, 2.45) is 0 Å². The molecule has 1 fully saturated rings. The van der Waals surface area contributed by atoms with Gasteiger partial charge in [-0.15, -0.1) is 0 Å². The Morgan fingerprint density at radius 1 is 1.29 bits per heavy atom. The number of carbonyl (C=O) groups is 2. The van der Waals surface area contributed by atoms with Gasteiger partial charge >= 0.3 is 11.9 Å². The summed E-state index contributed by atoms with van der Waals surface area (Å²) in [5.41, 5.74) is 0.711. The van der Waals surface area contributed by atoms with E-state index in [0.717, 1.165) is 0 Å². The third-order valence-electron chi connectivity index (χ3n) is 3.47. The van der Waals surface area contributed by atoms with Crippen LogP contribution in [0.15, 0.2) is 18.2 Å². The maximum absolute atomic E-state index is 11.0. The summed E-state index contributed by atoms with van der Waals surface area (Å²) in [6.07, 6.45) is -2.66. The fourth-order valence-corrected chi connectivity index (χ4v) is 2.32. The van der Waals surface area contributed by atoms with E-state index in [4.69, 9.17) is 24.1 Å². The van der Waals surface area contributed by atoms with Crippen LogP contribution in [-0.4, -0.2) is 47.8 Å². The summed E-state index contributed by atoms with van der Waals surface area (Å²) < 4.78 is 21.1. The second kappa shape index (κ2) is 7.98. The minimum Gasteiger partial charge on any atom is -0.493 e. The largest absolute Gasteiger partial charge is 0.493 e. The number of ether oxygens (including phenoxy) is 4. The lowest BCUT2D eigenvalue weighted by atomic mass is 10.1. The number of aliphatic carboxylic acids is 1. The summed E-state index contributed by atoms with van der Waals surface area (Å²) in [6.45, 7) is 1.42. The minimum absolute atomic E-state index is 0.0215. The van der Waals surface area contributed by atoms with Crippen molar-refractivity contribution in [3.8, 4) is 11.5 Å². The van der Waals surface area contributed by atoms with Crippen LogP contribution in [0, 0.1) is 0 Å². The van der Waals surface area contributed by atoms with Crippen molar-refractivity contribution in [2.45, 2.75) is 44.9 Å². The van der Waals surface area contributed by atoms with Crippen molar-refractivity contribution in [1.29, 1.82) is 0 Å². The lowest BCUT2D eigenvalue weighted by Crippen LogP contribution is -2.42. The van der Waals surface area contributed by atoms with E-state index in [1.807, 2.05) is 0 Å². The average molecular weight is 340 g/mol. The van der Waals surface area contributed by atoms with Gasteiger partial charge in [-0.3, -0.25) is 4.79 Å². The van der Waals surface area contributed by atoms with Gasteiger partial charge in [0.2, 0.25) is 6.29 Å². The number of carboxylic acids is 1. The van der Waals surface area contributed by atoms with Crippen LogP contribution in [0.4, 0.5) is 0 Å². The van der Waals surface area contributed by atoms with E-state index >= 15 is 0 Å². The first-order valence-electron chi connectivity index (χ1n) is 7.42. The molecule has 0 saturated carbocycles. The molecule has 0 spiro atoms. The smallest absolute Gasteiger partial charge is 0.333 e. The van der Waals surface area contributed by atoms with Gasteiger partial charge in [-0.05, 0) is 17.7 Å². The average Bonchev–Trinajstić information content (AvgIpc) is 2.53. The number of rotatable bonds is 6. The number of hydrogen-bond acceptors (Lipinski definition) is 7. The molecular formula is C16H20O8. The number of aliphatic hydroxyl groups excluding tert-OH is 1. The molecule has 1 aromatic carbocycles. The van der Waals surface area contributed by atoms with Crippen LogP contribution in [-0.2, 0) is 25.7 Å². The number of methoxy groups -OCH3 is 1. The summed E-state index contributed by atoms with van der Waals surface area (Å²) in [5.74, 6) is -0.813. The Morgan fingerprint density at radius 3 is 2.67 bits per heavy atom. The summed E-state index contributed by atoms with van der Waals surface area (Å²) in [4.78, 5) is 21.9. The molecule has 24 heavy (non-hydrogen) atoms. The molecule has 0 radical (unpaired) electrons. The topological polar surface area (TPSA) is 112 Å². The predicted octanol–water partition coefficient (Wildman–Crippen LogP) is 1.09. The van der Waals surface area contributed by atoms with Gasteiger partial charge in [0, 0.05) is 19.8 Å². The van der Waals surface area contributed by atoms with Crippen LogP contribution in [0.5, 0.6) is 11.5 Å². The second-order valence-corrected chi connectivity index (χ2v) is 5.40. The fourth-order valence-electron chi connectivity index (χ4n) is 2.32. The van der Waals surface area contributed by atoms with Crippen molar-refractivity contribution in [3.63, 3.8) is 0 Å². The van der Waals surface area contributed by atoms with Crippen molar-refractivity contribution >= 4 is 11.9 Å². The van der Waals surface area contributed by atoms with Crippen LogP contribution in [0.3, 0.4) is 0 Å². The normalized spacial score (nSPS) is 23.4. The Kier molecular flexibility index (Phi) is 5.99. The van der Waals surface area contributed by atoms with Crippen molar-refractivity contribution in [2.75, 3.05) is 7.11 Å². The van der Waals surface area contributed by atoms with Crippen LogP contribution in [0.2, 0.25) is 0 Å². The van der Waals surface area contributed by atoms with Crippen LogP contribution in [0.25, 0.3) is 0 Å². The molecule has 8 heteroatoms. The van der Waals surface area contributed by atoms with E-state index in [1.54, 1.807) is 18.2 Å². The van der Waals surface area contributed by atoms with Crippen LogP contribution < -0.4 is 9.47 Å². The predicted molar refractivity (Wildman–Crippen MR) is 80.6 cm³/mol. The van der Waals surface area contributed by atoms with E-state index in [1.165, 1.54) is 14.0 Å². The third-order valence-corrected chi connectivity index (χ3v) is 3.47. The Bertz CT molecular complexity index is 600. The van der Waals surface area contributed by atoms with Gasteiger partial charge in [-0.2, -0.15) is 0 Å². The first kappa shape index (κ1) is 18.0. The Balaban J connectivity index is 2.08. The van der Waals surface area contributed by atoms with Crippen LogP contribution >= 0.6 is 0 Å². The molecule has 3 unspecified atom stereocenters. The minimum atomic E-state index is -1.15. The molecule has 2 rings (SSSR count). The fraction of sp³-hybridized carbons (Fsp3) is 0.500. The van der Waals surface area contributed by atoms with Gasteiger partial charge in [0.1, 0.15) is 6.61 Å². The highest BCUT2D eigenvalue weighted by Gasteiger charge is 2.34. The standard InChI is InChI=1S/C16H20O8/c1-9(17)22-8-10-3-4-12(13(5-10)21-2)23-15-7-11(18)6-14(24-15)16(19)20/h3-5,11,14-15,18H,6-8H2,1-2H3,(H,19,20). The molecule has 0 aliphatic carbocycles. The van der Waals surface area contributed by atoms with Gasteiger partial charge in [0.15, 0.2) is 17.6 Å². The van der Waals surface area contributed by atoms with Gasteiger partial charge in [0.05, 0.1) is 13.2 Å². The van der Waals surface area contributed by atoms with E-state index in [9.17, 15) is 14.7 Å². The number of carboxylic acid groups (broad SMARTS) is 1. The number of esters is 1. The first-order chi connectivity index (χ1) is 11.4. The van der Waals surface area contributed by atoms with E-state index in [0.29, 0.717) is 17.1 Å². The van der Waals surface area contributed by atoms with Crippen LogP contribution in [0.1, 0.15) is 25.3 Å². The zero-order valence-corrected chi connectivity index (χ0v) is 13.4. The molecule has 1 saturated heterocycles. The maximum Gasteiger partial charge on any atom is 0.333 e. The third kappa shape index (κ3) is 4.84. The van der Waals surface area contributed by atoms with Gasteiger partial charge in [-0.1, -0.05) is 6.07 Å². The summed E-state index contributed by atoms with van der Waals surface area (Å²) in [6, 6.07) is 4.94.